The van der Waals surface area contributed by atoms with Crippen LogP contribution in [-0.4, -0.2) is 22.3 Å². The molecule has 0 aromatic heterocycles. The van der Waals surface area contributed by atoms with Gasteiger partial charge >= 0.3 is 5.97 Å². The zero-order valence-corrected chi connectivity index (χ0v) is 9.36. The Morgan fingerprint density at radius 3 is 2.29 bits per heavy atom. The van der Waals surface area contributed by atoms with Crippen LogP contribution in [0.4, 0.5) is 0 Å². The normalized spacial score (nSPS) is 17.4. The lowest BCUT2D eigenvalue weighted by Gasteiger charge is -2.22. The standard InChI is InChI=1S/C11H22O3/c1-4-6-10(12)9(5-2)7-8(3)11(13)14/h8-10,12H,4-7H2,1-3H3,(H,13,14). The van der Waals surface area contributed by atoms with Crippen molar-refractivity contribution >= 4 is 5.97 Å². The van der Waals surface area contributed by atoms with Gasteiger partial charge in [-0.05, 0) is 18.8 Å². The molecule has 0 aliphatic carbocycles. The van der Waals surface area contributed by atoms with Crippen molar-refractivity contribution in [3.63, 3.8) is 0 Å². The van der Waals surface area contributed by atoms with Crippen LogP contribution in [0.3, 0.4) is 0 Å². The Hall–Kier alpha value is -0.570. The fourth-order valence-electron chi connectivity index (χ4n) is 1.68. The van der Waals surface area contributed by atoms with Crippen LogP contribution in [0.25, 0.3) is 0 Å². The molecule has 0 aliphatic heterocycles. The Morgan fingerprint density at radius 2 is 1.93 bits per heavy atom. The van der Waals surface area contributed by atoms with E-state index in [1.807, 2.05) is 13.8 Å². The number of hydrogen-bond donors (Lipinski definition) is 2. The molecule has 0 heterocycles. The highest BCUT2D eigenvalue weighted by Gasteiger charge is 2.22. The Balaban J connectivity index is 4.07. The van der Waals surface area contributed by atoms with Crippen LogP contribution in [0, 0.1) is 11.8 Å². The van der Waals surface area contributed by atoms with Gasteiger partial charge in [-0.1, -0.05) is 33.6 Å². The average molecular weight is 202 g/mol. The van der Waals surface area contributed by atoms with E-state index in [0.29, 0.717) is 6.42 Å². The molecular formula is C11H22O3. The second-order valence-electron chi connectivity index (χ2n) is 4.00. The predicted molar refractivity (Wildman–Crippen MR) is 56.1 cm³/mol. The van der Waals surface area contributed by atoms with E-state index in [9.17, 15) is 9.90 Å². The van der Waals surface area contributed by atoms with E-state index >= 15 is 0 Å². The number of aliphatic hydroxyl groups excluding tert-OH is 1. The summed E-state index contributed by atoms with van der Waals surface area (Å²) in [5.41, 5.74) is 0. The summed E-state index contributed by atoms with van der Waals surface area (Å²) in [6.45, 7) is 5.72. The zero-order valence-electron chi connectivity index (χ0n) is 9.36. The lowest BCUT2D eigenvalue weighted by molar-refractivity contribution is -0.142. The van der Waals surface area contributed by atoms with Crippen molar-refractivity contribution in [3.05, 3.63) is 0 Å². The van der Waals surface area contributed by atoms with Crippen molar-refractivity contribution in [3.8, 4) is 0 Å². The maximum atomic E-state index is 10.6. The molecule has 0 fully saturated rings. The minimum Gasteiger partial charge on any atom is -0.481 e. The number of carboxylic acid groups (broad SMARTS) is 1. The van der Waals surface area contributed by atoms with E-state index in [2.05, 4.69) is 0 Å². The van der Waals surface area contributed by atoms with Gasteiger partial charge in [-0.3, -0.25) is 4.79 Å². The predicted octanol–water partition coefficient (Wildman–Crippen LogP) is 2.28. The fraction of sp³-hybridized carbons (Fsp3) is 0.909. The monoisotopic (exact) mass is 202 g/mol. The van der Waals surface area contributed by atoms with E-state index < -0.39 is 5.97 Å². The number of aliphatic carboxylic acids is 1. The molecule has 3 atom stereocenters. The summed E-state index contributed by atoms with van der Waals surface area (Å²) in [4.78, 5) is 10.6. The van der Waals surface area contributed by atoms with E-state index in [-0.39, 0.29) is 17.9 Å². The Bertz CT molecular complexity index is 168. The molecule has 0 bridgehead atoms. The van der Waals surface area contributed by atoms with Crippen molar-refractivity contribution in [1.82, 2.24) is 0 Å². The molecule has 84 valence electrons. The van der Waals surface area contributed by atoms with Gasteiger partial charge in [0.2, 0.25) is 0 Å². The summed E-state index contributed by atoms with van der Waals surface area (Å²) in [6, 6.07) is 0. The molecule has 0 radical (unpaired) electrons. The first-order valence-electron chi connectivity index (χ1n) is 5.43. The van der Waals surface area contributed by atoms with Crippen LogP contribution in [0.15, 0.2) is 0 Å². The molecule has 3 unspecified atom stereocenters. The van der Waals surface area contributed by atoms with E-state index in [4.69, 9.17) is 5.11 Å². The summed E-state index contributed by atoms with van der Waals surface area (Å²) >= 11 is 0. The van der Waals surface area contributed by atoms with Crippen molar-refractivity contribution in [2.24, 2.45) is 11.8 Å². The van der Waals surface area contributed by atoms with Crippen LogP contribution in [0.1, 0.15) is 46.5 Å². The van der Waals surface area contributed by atoms with Crippen LogP contribution in [-0.2, 0) is 4.79 Å². The molecular weight excluding hydrogens is 180 g/mol. The lowest BCUT2D eigenvalue weighted by atomic mass is 9.87. The maximum absolute atomic E-state index is 10.6. The van der Waals surface area contributed by atoms with Gasteiger partial charge in [-0.2, -0.15) is 0 Å². The molecule has 0 spiro atoms. The van der Waals surface area contributed by atoms with E-state index in [1.165, 1.54) is 0 Å². The lowest BCUT2D eigenvalue weighted by Crippen LogP contribution is -2.24. The van der Waals surface area contributed by atoms with Gasteiger partial charge in [-0.25, -0.2) is 0 Å². The third kappa shape index (κ3) is 4.61. The molecule has 0 rings (SSSR count). The molecule has 0 aromatic rings. The van der Waals surface area contributed by atoms with Crippen molar-refractivity contribution in [1.29, 1.82) is 0 Å². The summed E-state index contributed by atoms with van der Waals surface area (Å²) in [7, 11) is 0. The fourth-order valence-corrected chi connectivity index (χ4v) is 1.68. The first kappa shape index (κ1) is 13.4. The summed E-state index contributed by atoms with van der Waals surface area (Å²) in [5.74, 6) is -1.00. The Morgan fingerprint density at radius 1 is 1.36 bits per heavy atom. The zero-order chi connectivity index (χ0) is 11.1. The van der Waals surface area contributed by atoms with Crippen LogP contribution in [0.5, 0.6) is 0 Å². The maximum Gasteiger partial charge on any atom is 0.306 e. The first-order valence-corrected chi connectivity index (χ1v) is 5.43. The summed E-state index contributed by atoms with van der Waals surface area (Å²) in [6.07, 6.45) is 2.79. The van der Waals surface area contributed by atoms with Crippen LogP contribution < -0.4 is 0 Å². The van der Waals surface area contributed by atoms with Gasteiger partial charge in [0.15, 0.2) is 0 Å². The van der Waals surface area contributed by atoms with Crippen LogP contribution >= 0.6 is 0 Å². The molecule has 0 saturated carbocycles. The molecule has 0 aromatic carbocycles. The number of carbonyl (C=O) groups is 1. The van der Waals surface area contributed by atoms with Crippen molar-refractivity contribution < 1.29 is 15.0 Å². The number of carboxylic acids is 1. The molecule has 2 N–H and O–H groups in total. The number of hydrogen-bond acceptors (Lipinski definition) is 2. The molecule has 0 saturated heterocycles. The third-order valence-electron chi connectivity index (χ3n) is 2.73. The molecule has 0 amide bonds. The van der Waals surface area contributed by atoms with Crippen LogP contribution in [0.2, 0.25) is 0 Å². The minimum absolute atomic E-state index is 0.126. The van der Waals surface area contributed by atoms with Gasteiger partial charge in [0.1, 0.15) is 0 Å². The SMILES string of the molecule is CCCC(O)C(CC)CC(C)C(=O)O. The van der Waals surface area contributed by atoms with Crippen molar-refractivity contribution in [2.45, 2.75) is 52.6 Å². The number of rotatable bonds is 7. The first-order chi connectivity index (χ1) is 6.52. The molecule has 14 heavy (non-hydrogen) atoms. The second-order valence-corrected chi connectivity index (χ2v) is 4.00. The number of aliphatic hydroxyl groups is 1. The van der Waals surface area contributed by atoms with Crippen molar-refractivity contribution in [2.75, 3.05) is 0 Å². The van der Waals surface area contributed by atoms with Gasteiger partial charge in [-0.15, -0.1) is 0 Å². The summed E-state index contributed by atoms with van der Waals surface area (Å²) in [5, 5.41) is 18.5. The summed E-state index contributed by atoms with van der Waals surface area (Å²) < 4.78 is 0. The average Bonchev–Trinajstić information content (AvgIpc) is 2.13. The molecule has 3 heteroatoms. The highest BCUT2D eigenvalue weighted by molar-refractivity contribution is 5.69. The topological polar surface area (TPSA) is 57.5 Å². The molecule has 3 nitrogen and oxygen atoms in total. The van der Waals surface area contributed by atoms with E-state index in [1.54, 1.807) is 6.92 Å². The largest absolute Gasteiger partial charge is 0.481 e. The Kier molecular flexibility index (Phi) is 6.54. The smallest absolute Gasteiger partial charge is 0.306 e. The van der Waals surface area contributed by atoms with Gasteiger partial charge < -0.3 is 10.2 Å². The minimum atomic E-state index is -0.771. The molecule has 0 aliphatic rings. The van der Waals surface area contributed by atoms with Gasteiger partial charge in [0.05, 0.1) is 12.0 Å². The van der Waals surface area contributed by atoms with E-state index in [0.717, 1.165) is 19.3 Å². The third-order valence-corrected chi connectivity index (χ3v) is 2.73. The highest BCUT2D eigenvalue weighted by Crippen LogP contribution is 2.22. The van der Waals surface area contributed by atoms with Gasteiger partial charge in [0.25, 0.3) is 0 Å². The quantitative estimate of drug-likeness (QED) is 0.666. The van der Waals surface area contributed by atoms with Gasteiger partial charge in [0, 0.05) is 0 Å². The Labute approximate surface area is 86.1 Å². The highest BCUT2D eigenvalue weighted by atomic mass is 16.4. The second kappa shape index (κ2) is 6.82.